The van der Waals surface area contributed by atoms with E-state index in [0.29, 0.717) is 11.3 Å². The quantitative estimate of drug-likeness (QED) is 0.582. The third-order valence-electron chi connectivity index (χ3n) is 2.29. The lowest BCUT2D eigenvalue weighted by molar-refractivity contribution is -0.138. The largest absolute Gasteiger partial charge is 0.480 e. The molecule has 5 nitrogen and oxygen atoms in total. The van der Waals surface area contributed by atoms with Crippen molar-refractivity contribution in [2.45, 2.75) is 18.9 Å². The zero-order valence-corrected chi connectivity index (χ0v) is 7.19. The number of carboxylic acid groups (broad SMARTS) is 1. The van der Waals surface area contributed by atoms with E-state index in [0.717, 1.165) is 0 Å². The summed E-state index contributed by atoms with van der Waals surface area (Å²) >= 11 is 0. The molecule has 0 unspecified atom stereocenters. The van der Waals surface area contributed by atoms with Crippen LogP contribution in [0.15, 0.2) is 16.6 Å². The highest BCUT2D eigenvalue weighted by Gasteiger charge is 2.33. The molecule has 0 spiro atoms. The van der Waals surface area contributed by atoms with E-state index in [9.17, 15) is 14.4 Å². The Bertz CT molecular complexity index is 405. The van der Waals surface area contributed by atoms with Crippen LogP contribution in [0.3, 0.4) is 0 Å². The second kappa shape index (κ2) is 2.87. The maximum Gasteiger partial charge on any atom is 0.328 e. The number of allylic oxidation sites excluding steroid dienone is 1. The van der Waals surface area contributed by atoms with Crippen molar-refractivity contribution in [3.8, 4) is 0 Å². The molecule has 14 heavy (non-hydrogen) atoms. The minimum atomic E-state index is -1.02. The molecule has 72 valence electrons. The van der Waals surface area contributed by atoms with Gasteiger partial charge < -0.3 is 5.11 Å². The number of Topliss-reactive ketones (excluding diaryl/α,β-unsaturated/α-hetero) is 1. The molecule has 0 aromatic heterocycles. The summed E-state index contributed by atoms with van der Waals surface area (Å²) < 4.78 is 0. The van der Waals surface area contributed by atoms with Gasteiger partial charge in [0.15, 0.2) is 6.04 Å². The van der Waals surface area contributed by atoms with Crippen molar-refractivity contribution < 1.29 is 19.5 Å². The molecule has 0 fully saturated rings. The lowest BCUT2D eigenvalue weighted by Crippen LogP contribution is -2.21. The van der Waals surface area contributed by atoms with Crippen molar-refractivity contribution in [2.75, 3.05) is 0 Å². The van der Waals surface area contributed by atoms with Gasteiger partial charge in [-0.15, -0.1) is 0 Å². The van der Waals surface area contributed by atoms with Crippen LogP contribution >= 0.6 is 0 Å². The number of hydrogen-bond acceptors (Lipinski definition) is 4. The monoisotopic (exact) mass is 193 g/mol. The van der Waals surface area contributed by atoms with Crippen LogP contribution in [-0.4, -0.2) is 34.4 Å². The number of nitrogens with zero attached hydrogens (tertiary/aromatic N) is 1. The van der Waals surface area contributed by atoms with Crippen LogP contribution in [0, 0.1) is 0 Å². The van der Waals surface area contributed by atoms with Crippen molar-refractivity contribution in [1.82, 2.24) is 0 Å². The molecule has 5 heteroatoms. The summed E-state index contributed by atoms with van der Waals surface area (Å²) in [5, 5.41) is 8.69. The zero-order chi connectivity index (χ0) is 10.3. The highest BCUT2D eigenvalue weighted by molar-refractivity contribution is 6.48. The fraction of sp³-hybridized carbons (Fsp3) is 0.333. The van der Waals surface area contributed by atoms with Gasteiger partial charge in [0, 0.05) is 12.1 Å². The number of carbonyl (C=O) groups is 3. The van der Waals surface area contributed by atoms with Gasteiger partial charge in [-0.2, -0.15) is 0 Å². The average molecular weight is 193 g/mol. The van der Waals surface area contributed by atoms with Gasteiger partial charge in [-0.25, -0.2) is 4.79 Å². The fourth-order valence-corrected chi connectivity index (χ4v) is 1.56. The molecule has 0 aromatic rings. The molecule has 0 aromatic carbocycles. The van der Waals surface area contributed by atoms with Crippen molar-refractivity contribution in [2.24, 2.45) is 4.99 Å². The molecule has 0 bridgehead atoms. The Hall–Kier alpha value is -1.78. The number of aliphatic carboxylic acids is 1. The van der Waals surface area contributed by atoms with Crippen LogP contribution in [0.2, 0.25) is 0 Å². The predicted octanol–water partition coefficient (Wildman–Crippen LogP) is -0.247. The molecule has 1 aliphatic heterocycles. The summed E-state index contributed by atoms with van der Waals surface area (Å²) in [7, 11) is 0. The summed E-state index contributed by atoms with van der Waals surface area (Å²) in [6, 6.07) is -0.824. The Balaban J connectivity index is 2.33. The second-order valence-electron chi connectivity index (χ2n) is 3.27. The smallest absolute Gasteiger partial charge is 0.328 e. The van der Waals surface area contributed by atoms with E-state index in [1.807, 2.05) is 0 Å². The topological polar surface area (TPSA) is 83.8 Å². The van der Waals surface area contributed by atoms with E-state index < -0.39 is 23.6 Å². The summed E-state index contributed by atoms with van der Waals surface area (Å²) in [6.45, 7) is 0. The fourth-order valence-electron chi connectivity index (χ4n) is 1.56. The van der Waals surface area contributed by atoms with Gasteiger partial charge in [0.05, 0.1) is 6.42 Å². The summed E-state index contributed by atoms with van der Waals surface area (Å²) in [5.41, 5.74) is 1.06. The van der Waals surface area contributed by atoms with E-state index in [1.54, 1.807) is 0 Å². The SMILES string of the molecule is O=C1C=C2C[C@H](C(=O)O)N=C2CC1=O. The van der Waals surface area contributed by atoms with Gasteiger partial charge >= 0.3 is 5.97 Å². The lowest BCUT2D eigenvalue weighted by atomic mass is 9.94. The van der Waals surface area contributed by atoms with E-state index in [2.05, 4.69) is 4.99 Å². The Morgan fingerprint density at radius 3 is 2.86 bits per heavy atom. The van der Waals surface area contributed by atoms with Crippen LogP contribution < -0.4 is 0 Å². The highest BCUT2D eigenvalue weighted by Crippen LogP contribution is 2.24. The summed E-state index contributed by atoms with van der Waals surface area (Å²) in [6.07, 6.45) is 1.38. The number of ketones is 2. The van der Waals surface area contributed by atoms with Gasteiger partial charge in [-0.1, -0.05) is 0 Å². The van der Waals surface area contributed by atoms with Crippen molar-refractivity contribution >= 4 is 23.2 Å². The summed E-state index contributed by atoms with van der Waals surface area (Å²) in [4.78, 5) is 36.4. The van der Waals surface area contributed by atoms with Gasteiger partial charge in [0.2, 0.25) is 11.6 Å². The van der Waals surface area contributed by atoms with E-state index >= 15 is 0 Å². The van der Waals surface area contributed by atoms with Crippen molar-refractivity contribution in [3.63, 3.8) is 0 Å². The number of aliphatic imine (C=N–C) groups is 1. The minimum absolute atomic E-state index is 0.0472. The van der Waals surface area contributed by atoms with Gasteiger partial charge in [-0.05, 0) is 11.6 Å². The number of carbonyl (C=O) groups excluding carboxylic acids is 2. The number of hydrogen-bond donors (Lipinski definition) is 1. The first-order chi connectivity index (χ1) is 6.58. The first-order valence-corrected chi connectivity index (χ1v) is 4.15. The molecule has 2 aliphatic rings. The maximum atomic E-state index is 11.0. The number of rotatable bonds is 1. The first kappa shape index (κ1) is 8.80. The summed E-state index contributed by atoms with van der Waals surface area (Å²) in [5.74, 6) is -2.09. The second-order valence-corrected chi connectivity index (χ2v) is 3.27. The number of fused-ring (bicyclic) bond motifs is 1. The molecular formula is C9H7NO4. The normalized spacial score (nSPS) is 25.6. The van der Waals surface area contributed by atoms with Crippen molar-refractivity contribution in [3.05, 3.63) is 11.6 Å². The Kier molecular flexibility index (Phi) is 1.80. The Morgan fingerprint density at radius 1 is 1.50 bits per heavy atom. The first-order valence-electron chi connectivity index (χ1n) is 4.15. The van der Waals surface area contributed by atoms with Gasteiger partial charge in [0.1, 0.15) is 0 Å². The van der Waals surface area contributed by atoms with Crippen LogP contribution in [0.25, 0.3) is 0 Å². The van der Waals surface area contributed by atoms with Crippen molar-refractivity contribution in [1.29, 1.82) is 0 Å². The molecule has 1 atom stereocenters. The molecular weight excluding hydrogens is 186 g/mol. The standard InChI is InChI=1S/C9H7NO4/c11-7-2-4-1-6(9(13)14)10-5(4)3-8(7)12/h2,6H,1,3H2,(H,13,14)/t6-/m1/s1. The molecule has 0 saturated heterocycles. The van der Waals surface area contributed by atoms with E-state index in [1.165, 1.54) is 6.08 Å². The Morgan fingerprint density at radius 2 is 2.21 bits per heavy atom. The Labute approximate surface area is 79.1 Å². The van der Waals surface area contributed by atoms with Gasteiger partial charge in [-0.3, -0.25) is 14.6 Å². The van der Waals surface area contributed by atoms with E-state index in [4.69, 9.17) is 5.11 Å². The third-order valence-corrected chi connectivity index (χ3v) is 2.29. The average Bonchev–Trinajstić information content (AvgIpc) is 2.48. The minimum Gasteiger partial charge on any atom is -0.480 e. The number of carboxylic acids is 1. The molecule has 0 saturated carbocycles. The highest BCUT2D eigenvalue weighted by atomic mass is 16.4. The molecule has 1 N–H and O–H groups in total. The zero-order valence-electron chi connectivity index (χ0n) is 7.19. The van der Waals surface area contributed by atoms with Crippen LogP contribution in [0.4, 0.5) is 0 Å². The van der Waals surface area contributed by atoms with Crippen LogP contribution in [-0.2, 0) is 14.4 Å². The van der Waals surface area contributed by atoms with Crippen LogP contribution in [0.5, 0.6) is 0 Å². The molecule has 0 radical (unpaired) electrons. The van der Waals surface area contributed by atoms with Gasteiger partial charge in [0.25, 0.3) is 0 Å². The molecule has 1 aliphatic carbocycles. The lowest BCUT2D eigenvalue weighted by Gasteiger charge is -2.06. The molecule has 1 heterocycles. The third kappa shape index (κ3) is 1.26. The molecule has 2 rings (SSSR count). The van der Waals surface area contributed by atoms with E-state index in [-0.39, 0.29) is 12.8 Å². The molecule has 0 amide bonds. The maximum absolute atomic E-state index is 11.0. The van der Waals surface area contributed by atoms with Crippen LogP contribution in [0.1, 0.15) is 12.8 Å². The predicted molar refractivity (Wildman–Crippen MR) is 46.2 cm³/mol.